The van der Waals surface area contributed by atoms with E-state index in [9.17, 15) is 9.46 Å². The minimum Gasteiger partial charge on any atom is -0.784 e. The molecule has 0 heterocycles. The van der Waals surface area contributed by atoms with E-state index < -0.39 is 5.77 Å². The van der Waals surface area contributed by atoms with E-state index in [1.165, 1.54) is 0 Å². The van der Waals surface area contributed by atoms with Gasteiger partial charge < -0.3 is 9.46 Å². The van der Waals surface area contributed by atoms with Crippen molar-refractivity contribution in [1.29, 1.82) is 0 Å². The van der Waals surface area contributed by atoms with E-state index in [1.807, 2.05) is 0 Å². The zero-order valence-electron chi connectivity index (χ0n) is 9.32. The molecular weight excluding hydrogens is 246 g/mol. The maximum absolute atomic E-state index is 11.3. The zero-order valence-corrected chi connectivity index (χ0v) is 13.9. The van der Waals surface area contributed by atoms with Gasteiger partial charge in [0, 0.05) is 0 Å². The fourth-order valence-electron chi connectivity index (χ4n) is 0.679. The van der Waals surface area contributed by atoms with Crippen LogP contribution in [0.15, 0.2) is 0 Å². The quantitative estimate of drug-likeness (QED) is 0.364. The largest absolute Gasteiger partial charge is 1.00 e. The fraction of sp³-hybridized carbons (Fsp3) is 1.00. The Labute approximate surface area is 118 Å². The second-order valence-electron chi connectivity index (χ2n) is 2.82. The maximum atomic E-state index is 11.3. The Kier molecular flexibility index (Phi) is 14.8. The minimum absolute atomic E-state index is 0. The van der Waals surface area contributed by atoms with Crippen LogP contribution in [0.4, 0.5) is 0 Å². The van der Waals surface area contributed by atoms with Crippen molar-refractivity contribution in [3.63, 3.8) is 0 Å². The van der Waals surface area contributed by atoms with Crippen molar-refractivity contribution in [2.24, 2.45) is 0 Å². The maximum Gasteiger partial charge on any atom is 1.00 e. The monoisotopic (exact) mass is 264 g/mol. The van der Waals surface area contributed by atoms with E-state index in [4.69, 9.17) is 0 Å². The smallest absolute Gasteiger partial charge is 0.784 e. The average molecular weight is 264 g/mol. The van der Waals surface area contributed by atoms with Crippen molar-refractivity contribution in [3.05, 3.63) is 0 Å². The van der Waals surface area contributed by atoms with Gasteiger partial charge in [-0.15, -0.1) is 22.8 Å². The van der Waals surface area contributed by atoms with E-state index in [-0.39, 0.29) is 29.6 Å². The van der Waals surface area contributed by atoms with Crippen molar-refractivity contribution in [3.8, 4) is 0 Å². The molecule has 0 aromatic rings. The third-order valence-corrected chi connectivity index (χ3v) is 7.96. The molecule has 0 radical (unpaired) electrons. The average Bonchev–Trinajstić information content (AvgIpc) is 2.05. The van der Waals surface area contributed by atoms with Crippen LogP contribution in [0.25, 0.3) is 0 Å². The van der Waals surface area contributed by atoms with E-state index in [1.54, 1.807) is 0 Å². The fourth-order valence-corrected chi connectivity index (χ4v) is 6.39. The van der Waals surface area contributed by atoms with E-state index in [2.05, 4.69) is 13.8 Å². The molecule has 0 amide bonds. The van der Waals surface area contributed by atoms with Gasteiger partial charge in [0.15, 0.2) is 0 Å². The van der Waals surface area contributed by atoms with Crippen LogP contribution in [0.1, 0.15) is 39.5 Å². The van der Waals surface area contributed by atoms with Crippen molar-refractivity contribution in [2.45, 2.75) is 39.5 Å². The van der Waals surface area contributed by atoms with Crippen LogP contribution >= 0.6 is 28.5 Å². The molecule has 0 aliphatic heterocycles. The van der Waals surface area contributed by atoms with E-state index in [0.717, 1.165) is 60.0 Å². The normalized spacial score (nSPS) is 11.1. The summed E-state index contributed by atoms with van der Waals surface area (Å²) in [5.41, 5.74) is 0. The Balaban J connectivity index is 0. The zero-order chi connectivity index (χ0) is 10.2. The molecule has 0 aromatic carbocycles. The molecule has 0 saturated carbocycles. The van der Waals surface area contributed by atoms with Gasteiger partial charge in [-0.2, -0.15) is 0 Å². The molecule has 6 heteroatoms. The second kappa shape index (κ2) is 11.4. The van der Waals surface area contributed by atoms with Gasteiger partial charge in [-0.1, -0.05) is 26.7 Å². The van der Waals surface area contributed by atoms with Crippen LogP contribution in [-0.2, 0) is 4.57 Å². The van der Waals surface area contributed by atoms with Crippen molar-refractivity contribution in [1.82, 2.24) is 0 Å². The number of rotatable bonds is 8. The van der Waals surface area contributed by atoms with Gasteiger partial charge in [-0.05, 0) is 24.3 Å². The summed E-state index contributed by atoms with van der Waals surface area (Å²) in [5.74, 6) is -1.68. The molecule has 0 aliphatic rings. The van der Waals surface area contributed by atoms with Gasteiger partial charge in [0.2, 0.25) is 0 Å². The minimum atomic E-state index is -3.17. The van der Waals surface area contributed by atoms with Crippen molar-refractivity contribution < 1.29 is 39.0 Å². The summed E-state index contributed by atoms with van der Waals surface area (Å²) in [5, 5.41) is 0. The molecular formula is C8H18NaO2PS2. The first-order valence-electron chi connectivity index (χ1n) is 4.72. The van der Waals surface area contributed by atoms with Gasteiger partial charge in [0.05, 0.1) is 0 Å². The summed E-state index contributed by atoms with van der Waals surface area (Å²) in [6.45, 7) is 4.14. The molecule has 0 rings (SSSR count). The first-order valence-corrected chi connectivity index (χ1v) is 9.53. The van der Waals surface area contributed by atoms with Gasteiger partial charge in [0.1, 0.15) is 5.77 Å². The van der Waals surface area contributed by atoms with E-state index in [0.29, 0.717) is 0 Å². The molecule has 0 fully saturated rings. The molecule has 14 heavy (non-hydrogen) atoms. The molecule has 0 spiro atoms. The summed E-state index contributed by atoms with van der Waals surface area (Å²) in [4.78, 5) is 11.3. The molecule has 0 aliphatic carbocycles. The Hall–Kier alpha value is 1.89. The van der Waals surface area contributed by atoms with Crippen LogP contribution in [0.2, 0.25) is 0 Å². The Bertz CT molecular complexity index is 155. The molecule has 0 N–H and O–H groups in total. The predicted octanol–water partition coefficient (Wildman–Crippen LogP) is 0.525. The van der Waals surface area contributed by atoms with Crippen LogP contribution < -0.4 is 34.5 Å². The Morgan fingerprint density at radius 2 is 1.43 bits per heavy atom. The van der Waals surface area contributed by atoms with E-state index >= 15 is 0 Å². The van der Waals surface area contributed by atoms with Crippen molar-refractivity contribution >= 4 is 28.5 Å². The number of hydrogen-bond donors (Lipinski definition) is 0. The van der Waals surface area contributed by atoms with Crippen LogP contribution in [-0.4, -0.2) is 11.5 Å². The molecule has 80 valence electrons. The molecule has 0 saturated heterocycles. The summed E-state index contributed by atoms with van der Waals surface area (Å²) in [6, 6.07) is 0. The number of hydrogen-bond acceptors (Lipinski definition) is 4. The van der Waals surface area contributed by atoms with Gasteiger partial charge in [-0.3, -0.25) is 0 Å². The topological polar surface area (TPSA) is 40.1 Å². The summed E-state index contributed by atoms with van der Waals surface area (Å²) in [6.07, 6.45) is 4.11. The van der Waals surface area contributed by atoms with Gasteiger partial charge in [-0.25, -0.2) is 0 Å². The Morgan fingerprint density at radius 3 is 1.71 bits per heavy atom. The molecule has 0 unspecified atom stereocenters. The third kappa shape index (κ3) is 12.0. The van der Waals surface area contributed by atoms with Crippen LogP contribution in [0.3, 0.4) is 0 Å². The van der Waals surface area contributed by atoms with Crippen LogP contribution in [0.5, 0.6) is 0 Å². The van der Waals surface area contributed by atoms with Gasteiger partial charge >= 0.3 is 29.6 Å². The molecule has 0 aromatic heterocycles. The molecule has 2 nitrogen and oxygen atoms in total. The van der Waals surface area contributed by atoms with Crippen LogP contribution in [0, 0.1) is 0 Å². The SMILES string of the molecule is CCCCSP(=O)([O-])SCCCC.[Na+]. The van der Waals surface area contributed by atoms with Crippen molar-refractivity contribution in [2.75, 3.05) is 11.5 Å². The van der Waals surface area contributed by atoms with Gasteiger partial charge in [0.25, 0.3) is 0 Å². The summed E-state index contributed by atoms with van der Waals surface area (Å²) < 4.78 is 11.3. The number of unbranched alkanes of at least 4 members (excludes halogenated alkanes) is 2. The third-order valence-electron chi connectivity index (χ3n) is 1.49. The first-order chi connectivity index (χ1) is 6.12. The first kappa shape index (κ1) is 18.3. The summed E-state index contributed by atoms with van der Waals surface area (Å²) in [7, 11) is 0. The Morgan fingerprint density at radius 1 is 1.07 bits per heavy atom. The predicted molar refractivity (Wildman–Crippen MR) is 62.3 cm³/mol. The molecule has 0 atom stereocenters. The summed E-state index contributed by atoms with van der Waals surface area (Å²) >= 11 is 2.23. The second-order valence-corrected chi connectivity index (χ2v) is 10.2. The standard InChI is InChI=1S/C8H19O2PS2.Na/c1-3-5-7-12-11(9,10)13-8-6-4-2;/h3-8H2,1-2H3,(H,9,10);/q;+1/p-1. The molecule has 0 bridgehead atoms.